The predicted octanol–water partition coefficient (Wildman–Crippen LogP) is 1.34. The van der Waals surface area contributed by atoms with Crippen LogP contribution < -0.4 is 5.32 Å². The minimum atomic E-state index is -0.661. The van der Waals surface area contributed by atoms with Gasteiger partial charge in [-0.25, -0.2) is 4.39 Å². The molecule has 0 aromatic heterocycles. The molecule has 1 aliphatic rings. The Bertz CT molecular complexity index is 101. The molecule has 9 heavy (non-hydrogen) atoms. The average molecular weight is 131 g/mol. The van der Waals surface area contributed by atoms with E-state index in [0.29, 0.717) is 6.54 Å². The van der Waals surface area contributed by atoms with E-state index in [2.05, 4.69) is 5.32 Å². The van der Waals surface area contributed by atoms with Crippen molar-refractivity contribution in [3.05, 3.63) is 0 Å². The van der Waals surface area contributed by atoms with Crippen LogP contribution in [0.5, 0.6) is 0 Å². The first-order valence-corrected chi connectivity index (χ1v) is 3.48. The highest BCUT2D eigenvalue weighted by Gasteiger charge is 2.31. The maximum atomic E-state index is 12.9. The number of alkyl halides is 1. The highest BCUT2D eigenvalue weighted by atomic mass is 19.1. The van der Waals surface area contributed by atoms with Crippen LogP contribution >= 0.6 is 0 Å². The SMILES string of the molecule is CC1(C)CCNCC1F. The summed E-state index contributed by atoms with van der Waals surface area (Å²) in [6.07, 6.45) is 0.292. The third-order valence-corrected chi connectivity index (χ3v) is 2.12. The van der Waals surface area contributed by atoms with Gasteiger partial charge in [0, 0.05) is 6.54 Å². The van der Waals surface area contributed by atoms with Gasteiger partial charge in [0.15, 0.2) is 0 Å². The highest BCUT2D eigenvalue weighted by Crippen LogP contribution is 2.29. The van der Waals surface area contributed by atoms with Crippen molar-refractivity contribution in [2.24, 2.45) is 5.41 Å². The normalized spacial score (nSPS) is 34.3. The first kappa shape index (κ1) is 7.00. The van der Waals surface area contributed by atoms with Crippen molar-refractivity contribution in [2.75, 3.05) is 13.1 Å². The summed E-state index contributed by atoms with van der Waals surface area (Å²) >= 11 is 0. The maximum absolute atomic E-state index is 12.9. The molecule has 0 bridgehead atoms. The van der Waals surface area contributed by atoms with Gasteiger partial charge in [-0.2, -0.15) is 0 Å². The van der Waals surface area contributed by atoms with E-state index >= 15 is 0 Å². The van der Waals surface area contributed by atoms with Crippen LogP contribution in [0.25, 0.3) is 0 Å². The Morgan fingerprint density at radius 1 is 1.56 bits per heavy atom. The molecule has 1 fully saturated rings. The molecule has 0 aliphatic carbocycles. The van der Waals surface area contributed by atoms with E-state index in [9.17, 15) is 4.39 Å². The van der Waals surface area contributed by atoms with E-state index in [1.54, 1.807) is 0 Å². The Morgan fingerprint density at radius 3 is 2.56 bits per heavy atom. The summed E-state index contributed by atoms with van der Waals surface area (Å²) in [6, 6.07) is 0. The molecule has 0 amide bonds. The summed E-state index contributed by atoms with van der Waals surface area (Å²) in [7, 11) is 0. The van der Waals surface area contributed by atoms with Gasteiger partial charge in [-0.3, -0.25) is 0 Å². The van der Waals surface area contributed by atoms with Crippen LogP contribution in [0.15, 0.2) is 0 Å². The van der Waals surface area contributed by atoms with Crippen molar-refractivity contribution >= 4 is 0 Å². The Morgan fingerprint density at radius 2 is 2.22 bits per heavy atom. The van der Waals surface area contributed by atoms with Gasteiger partial charge in [0.1, 0.15) is 6.17 Å². The molecule has 0 radical (unpaired) electrons. The van der Waals surface area contributed by atoms with Crippen molar-refractivity contribution in [3.63, 3.8) is 0 Å². The summed E-state index contributed by atoms with van der Waals surface area (Å²) in [4.78, 5) is 0. The molecular formula is C7H14FN. The summed E-state index contributed by atoms with van der Waals surface area (Å²) in [6.45, 7) is 5.47. The average Bonchev–Trinajstić information content (AvgIpc) is 1.77. The van der Waals surface area contributed by atoms with Crippen LogP contribution in [0.2, 0.25) is 0 Å². The highest BCUT2D eigenvalue weighted by molar-refractivity contribution is 4.84. The van der Waals surface area contributed by atoms with E-state index in [0.717, 1.165) is 13.0 Å². The van der Waals surface area contributed by atoms with Crippen LogP contribution in [0, 0.1) is 5.41 Å². The number of nitrogens with one attached hydrogen (secondary N) is 1. The molecule has 1 N–H and O–H groups in total. The second-order valence-electron chi connectivity index (χ2n) is 3.41. The van der Waals surface area contributed by atoms with Gasteiger partial charge in [0.2, 0.25) is 0 Å². The number of hydrogen-bond donors (Lipinski definition) is 1. The summed E-state index contributed by atoms with van der Waals surface area (Å²) < 4.78 is 12.9. The molecule has 0 saturated carbocycles. The third kappa shape index (κ3) is 1.42. The smallest absolute Gasteiger partial charge is 0.118 e. The molecule has 54 valence electrons. The van der Waals surface area contributed by atoms with Crippen LogP contribution in [0.3, 0.4) is 0 Å². The molecule has 0 spiro atoms. The minimum Gasteiger partial charge on any atom is -0.314 e. The summed E-state index contributed by atoms with van der Waals surface area (Å²) in [5, 5.41) is 3.02. The Hall–Kier alpha value is -0.110. The van der Waals surface area contributed by atoms with E-state index < -0.39 is 6.17 Å². The maximum Gasteiger partial charge on any atom is 0.118 e. The van der Waals surface area contributed by atoms with Gasteiger partial charge in [-0.15, -0.1) is 0 Å². The number of piperidine rings is 1. The molecule has 1 nitrogen and oxygen atoms in total. The zero-order valence-corrected chi connectivity index (χ0v) is 6.08. The number of hydrogen-bond acceptors (Lipinski definition) is 1. The van der Waals surface area contributed by atoms with Crippen molar-refractivity contribution in [2.45, 2.75) is 26.4 Å². The van der Waals surface area contributed by atoms with Gasteiger partial charge >= 0.3 is 0 Å². The molecule has 0 aromatic carbocycles. The zero-order chi connectivity index (χ0) is 6.91. The quantitative estimate of drug-likeness (QED) is 0.523. The van der Waals surface area contributed by atoms with Crippen molar-refractivity contribution in [1.29, 1.82) is 0 Å². The largest absolute Gasteiger partial charge is 0.314 e. The zero-order valence-electron chi connectivity index (χ0n) is 6.08. The lowest BCUT2D eigenvalue weighted by Gasteiger charge is -2.33. The molecule has 1 aliphatic heterocycles. The topological polar surface area (TPSA) is 12.0 Å². The molecule has 1 unspecified atom stereocenters. The second-order valence-corrected chi connectivity index (χ2v) is 3.41. The molecule has 1 atom stereocenters. The monoisotopic (exact) mass is 131 g/mol. The lowest BCUT2D eigenvalue weighted by atomic mass is 9.82. The van der Waals surface area contributed by atoms with Gasteiger partial charge in [0.25, 0.3) is 0 Å². The lowest BCUT2D eigenvalue weighted by Crippen LogP contribution is -2.43. The van der Waals surface area contributed by atoms with Crippen molar-refractivity contribution in [3.8, 4) is 0 Å². The summed E-state index contributed by atoms with van der Waals surface area (Å²) in [5.41, 5.74) is -0.0920. The van der Waals surface area contributed by atoms with Crippen molar-refractivity contribution in [1.82, 2.24) is 5.32 Å². The minimum absolute atomic E-state index is 0.0920. The number of rotatable bonds is 0. The molecule has 1 saturated heterocycles. The molecular weight excluding hydrogens is 117 g/mol. The molecule has 1 heterocycles. The Labute approximate surface area is 55.6 Å². The van der Waals surface area contributed by atoms with Crippen LogP contribution in [0.4, 0.5) is 4.39 Å². The Balaban J connectivity index is 2.49. The fourth-order valence-electron chi connectivity index (χ4n) is 1.07. The first-order chi connectivity index (χ1) is 4.13. The van der Waals surface area contributed by atoms with Gasteiger partial charge < -0.3 is 5.32 Å². The van der Waals surface area contributed by atoms with Gasteiger partial charge in [-0.1, -0.05) is 13.8 Å². The van der Waals surface area contributed by atoms with Crippen LogP contribution in [-0.4, -0.2) is 19.3 Å². The molecule has 2 heteroatoms. The molecule has 1 rings (SSSR count). The first-order valence-electron chi connectivity index (χ1n) is 3.48. The predicted molar refractivity (Wildman–Crippen MR) is 36.2 cm³/mol. The van der Waals surface area contributed by atoms with E-state index in [-0.39, 0.29) is 5.41 Å². The molecule has 0 aromatic rings. The number of halogens is 1. The Kier molecular flexibility index (Phi) is 1.75. The third-order valence-electron chi connectivity index (χ3n) is 2.12. The fraction of sp³-hybridized carbons (Fsp3) is 1.00. The fourth-order valence-corrected chi connectivity index (χ4v) is 1.07. The van der Waals surface area contributed by atoms with E-state index in [1.807, 2.05) is 13.8 Å². The summed E-state index contributed by atoms with van der Waals surface area (Å²) in [5.74, 6) is 0. The van der Waals surface area contributed by atoms with Gasteiger partial charge in [0.05, 0.1) is 0 Å². The van der Waals surface area contributed by atoms with E-state index in [1.165, 1.54) is 0 Å². The van der Waals surface area contributed by atoms with Gasteiger partial charge in [-0.05, 0) is 18.4 Å². The van der Waals surface area contributed by atoms with Crippen LogP contribution in [0.1, 0.15) is 20.3 Å². The lowest BCUT2D eigenvalue weighted by molar-refractivity contribution is 0.103. The van der Waals surface area contributed by atoms with Crippen molar-refractivity contribution < 1.29 is 4.39 Å². The standard InChI is InChI=1S/C7H14FN/c1-7(2)3-4-9-5-6(7)8/h6,9H,3-5H2,1-2H3. The van der Waals surface area contributed by atoms with E-state index in [4.69, 9.17) is 0 Å². The second kappa shape index (κ2) is 2.25. The van der Waals surface area contributed by atoms with Crippen LogP contribution in [-0.2, 0) is 0 Å².